The van der Waals surface area contributed by atoms with E-state index in [1.54, 1.807) is 24.3 Å². The van der Waals surface area contributed by atoms with Crippen molar-refractivity contribution in [3.63, 3.8) is 0 Å². The van der Waals surface area contributed by atoms with Crippen LogP contribution in [0.15, 0.2) is 85.7 Å². The molecule has 1 N–H and O–H groups in total. The molecule has 6 nitrogen and oxygen atoms in total. The number of benzene rings is 3. The fourth-order valence-electron chi connectivity index (χ4n) is 2.52. The molecule has 0 aliphatic carbocycles. The summed E-state index contributed by atoms with van der Waals surface area (Å²) >= 11 is 6.75. The Morgan fingerprint density at radius 2 is 1.73 bits per heavy atom. The molecule has 156 valence electrons. The standard InChI is InChI=1S/C21H18Br2N2O4S/c1-28-20-12-16(11-19(23)21(20)29-14-15-5-3-2-4-6-15)13-24-25-30(26,27)18-9-7-17(22)8-10-18/h2-13,25H,14H2,1H3/b24-13-. The number of ether oxygens (including phenoxy) is 2. The van der Waals surface area contributed by atoms with Crippen LogP contribution in [-0.2, 0) is 16.6 Å². The van der Waals surface area contributed by atoms with Crippen LogP contribution in [0.2, 0.25) is 0 Å². The normalized spacial score (nSPS) is 11.4. The van der Waals surface area contributed by atoms with Gasteiger partial charge in [0.2, 0.25) is 0 Å². The van der Waals surface area contributed by atoms with Gasteiger partial charge < -0.3 is 9.47 Å². The van der Waals surface area contributed by atoms with Gasteiger partial charge in [0, 0.05) is 4.47 Å². The average Bonchev–Trinajstić information content (AvgIpc) is 2.73. The molecule has 3 rings (SSSR count). The lowest BCUT2D eigenvalue weighted by Crippen LogP contribution is -2.18. The Labute approximate surface area is 192 Å². The molecule has 0 amide bonds. The van der Waals surface area contributed by atoms with Crippen LogP contribution in [0.1, 0.15) is 11.1 Å². The second kappa shape index (κ2) is 10.1. The number of hydrazone groups is 1. The molecule has 0 bridgehead atoms. The molecule has 0 radical (unpaired) electrons. The van der Waals surface area contributed by atoms with Crippen molar-refractivity contribution in [3.05, 3.63) is 86.8 Å². The van der Waals surface area contributed by atoms with Crippen LogP contribution >= 0.6 is 31.9 Å². The molecule has 0 aromatic heterocycles. The van der Waals surface area contributed by atoms with Gasteiger partial charge in [-0.05, 0) is 63.5 Å². The molecule has 0 saturated carbocycles. The highest BCUT2D eigenvalue weighted by molar-refractivity contribution is 9.10. The quantitative estimate of drug-likeness (QED) is 0.310. The lowest BCUT2D eigenvalue weighted by Gasteiger charge is -2.13. The number of rotatable bonds is 8. The number of nitrogens with zero attached hydrogens (tertiary/aromatic N) is 1. The molecule has 9 heteroatoms. The van der Waals surface area contributed by atoms with Crippen molar-refractivity contribution < 1.29 is 17.9 Å². The van der Waals surface area contributed by atoms with Crippen molar-refractivity contribution >= 4 is 48.1 Å². The molecule has 0 heterocycles. The Hall–Kier alpha value is -2.36. The van der Waals surface area contributed by atoms with E-state index in [-0.39, 0.29) is 4.90 Å². The summed E-state index contributed by atoms with van der Waals surface area (Å²) < 4.78 is 37.4. The van der Waals surface area contributed by atoms with Crippen LogP contribution in [0.3, 0.4) is 0 Å². The van der Waals surface area contributed by atoms with E-state index in [2.05, 4.69) is 41.8 Å². The monoisotopic (exact) mass is 552 g/mol. The number of methoxy groups -OCH3 is 1. The molecule has 0 aliphatic rings. The van der Waals surface area contributed by atoms with Crippen LogP contribution in [0.4, 0.5) is 0 Å². The van der Waals surface area contributed by atoms with Gasteiger partial charge in [-0.2, -0.15) is 13.5 Å². The summed E-state index contributed by atoms with van der Waals surface area (Å²) in [7, 11) is -2.22. The predicted molar refractivity (Wildman–Crippen MR) is 124 cm³/mol. The number of sulfonamides is 1. The summed E-state index contributed by atoms with van der Waals surface area (Å²) in [5.74, 6) is 1.05. The van der Waals surface area contributed by atoms with Crippen molar-refractivity contribution in [2.45, 2.75) is 11.5 Å². The molecule has 3 aromatic carbocycles. The molecule has 0 unspecified atom stereocenters. The number of hydrogen-bond acceptors (Lipinski definition) is 5. The first kappa shape index (κ1) is 22.3. The summed E-state index contributed by atoms with van der Waals surface area (Å²) in [6.07, 6.45) is 1.39. The topological polar surface area (TPSA) is 77.0 Å². The van der Waals surface area contributed by atoms with Crippen LogP contribution in [0, 0.1) is 0 Å². The lowest BCUT2D eigenvalue weighted by molar-refractivity contribution is 0.282. The zero-order valence-corrected chi connectivity index (χ0v) is 19.9. The van der Waals surface area contributed by atoms with Gasteiger partial charge in [0.05, 0.1) is 22.7 Å². The van der Waals surface area contributed by atoms with Crippen molar-refractivity contribution in [1.29, 1.82) is 0 Å². The summed E-state index contributed by atoms with van der Waals surface area (Å²) in [5, 5.41) is 3.86. The molecule has 3 aromatic rings. The van der Waals surface area contributed by atoms with Gasteiger partial charge in [0.15, 0.2) is 11.5 Å². The molecule has 0 atom stereocenters. The molecule has 30 heavy (non-hydrogen) atoms. The second-order valence-corrected chi connectivity index (χ2v) is 9.55. The third-order valence-electron chi connectivity index (χ3n) is 3.99. The van der Waals surface area contributed by atoms with E-state index in [1.165, 1.54) is 25.5 Å². The Kier molecular flexibility index (Phi) is 7.52. The van der Waals surface area contributed by atoms with E-state index in [4.69, 9.17) is 9.47 Å². The zero-order valence-electron chi connectivity index (χ0n) is 15.9. The number of hydrogen-bond donors (Lipinski definition) is 1. The maximum absolute atomic E-state index is 12.3. The van der Waals surface area contributed by atoms with E-state index >= 15 is 0 Å². The summed E-state index contributed by atoms with van der Waals surface area (Å²) in [6, 6.07) is 19.5. The van der Waals surface area contributed by atoms with E-state index < -0.39 is 10.0 Å². The Balaban J connectivity index is 1.73. The minimum atomic E-state index is -3.76. The maximum atomic E-state index is 12.3. The highest BCUT2D eigenvalue weighted by atomic mass is 79.9. The number of halogens is 2. The van der Waals surface area contributed by atoms with E-state index in [0.29, 0.717) is 28.1 Å². The fraction of sp³-hybridized carbons (Fsp3) is 0.0952. The van der Waals surface area contributed by atoms with E-state index in [1.807, 2.05) is 30.3 Å². The highest BCUT2D eigenvalue weighted by Crippen LogP contribution is 2.36. The smallest absolute Gasteiger partial charge is 0.276 e. The zero-order chi connectivity index (χ0) is 21.6. The van der Waals surface area contributed by atoms with E-state index in [9.17, 15) is 8.42 Å². The largest absolute Gasteiger partial charge is 0.493 e. The average molecular weight is 554 g/mol. The third-order valence-corrected chi connectivity index (χ3v) is 6.34. The van der Waals surface area contributed by atoms with Gasteiger partial charge >= 0.3 is 0 Å². The highest BCUT2D eigenvalue weighted by Gasteiger charge is 2.13. The van der Waals surface area contributed by atoms with Gasteiger partial charge in [-0.25, -0.2) is 4.83 Å². The molecule has 0 spiro atoms. The first-order valence-electron chi connectivity index (χ1n) is 8.74. The first-order valence-corrected chi connectivity index (χ1v) is 11.8. The maximum Gasteiger partial charge on any atom is 0.276 e. The first-order chi connectivity index (χ1) is 14.4. The Bertz CT molecular complexity index is 1140. The van der Waals surface area contributed by atoms with Crippen molar-refractivity contribution in [1.82, 2.24) is 4.83 Å². The van der Waals surface area contributed by atoms with Gasteiger partial charge in [0.25, 0.3) is 10.0 Å². The SMILES string of the molecule is COc1cc(/C=N\NS(=O)(=O)c2ccc(Br)cc2)cc(Br)c1OCc1ccccc1. The van der Waals surface area contributed by atoms with Gasteiger partial charge in [-0.15, -0.1) is 0 Å². The van der Waals surface area contributed by atoms with Crippen LogP contribution in [0.25, 0.3) is 0 Å². The molecular weight excluding hydrogens is 536 g/mol. The summed E-state index contributed by atoms with van der Waals surface area (Å²) in [5.41, 5.74) is 1.66. The number of nitrogens with one attached hydrogen (secondary N) is 1. The minimum absolute atomic E-state index is 0.117. The van der Waals surface area contributed by atoms with Gasteiger partial charge in [0.1, 0.15) is 6.61 Å². The molecule has 0 fully saturated rings. The van der Waals surface area contributed by atoms with Crippen LogP contribution < -0.4 is 14.3 Å². The Morgan fingerprint density at radius 3 is 2.40 bits per heavy atom. The van der Waals surface area contributed by atoms with Crippen molar-refractivity contribution in [3.8, 4) is 11.5 Å². The van der Waals surface area contributed by atoms with E-state index in [0.717, 1.165) is 10.0 Å². The third kappa shape index (κ3) is 5.84. The van der Waals surface area contributed by atoms with Crippen LogP contribution in [-0.4, -0.2) is 21.7 Å². The molecule has 0 aliphatic heterocycles. The Morgan fingerprint density at radius 1 is 1.03 bits per heavy atom. The second-order valence-electron chi connectivity index (χ2n) is 6.12. The fourth-order valence-corrected chi connectivity index (χ4v) is 4.15. The summed E-state index contributed by atoms with van der Waals surface area (Å²) in [6.45, 7) is 0.385. The predicted octanol–water partition coefficient (Wildman–Crippen LogP) is 5.11. The van der Waals surface area contributed by atoms with Gasteiger partial charge in [-0.3, -0.25) is 0 Å². The van der Waals surface area contributed by atoms with Crippen LogP contribution in [0.5, 0.6) is 11.5 Å². The van der Waals surface area contributed by atoms with Crippen molar-refractivity contribution in [2.75, 3.05) is 7.11 Å². The summed E-state index contributed by atoms with van der Waals surface area (Å²) in [4.78, 5) is 2.32. The minimum Gasteiger partial charge on any atom is -0.493 e. The van der Waals surface area contributed by atoms with Gasteiger partial charge in [-0.1, -0.05) is 46.3 Å². The lowest BCUT2D eigenvalue weighted by atomic mass is 10.2. The van der Waals surface area contributed by atoms with Crippen molar-refractivity contribution in [2.24, 2.45) is 5.10 Å². The molecule has 0 saturated heterocycles. The molecular formula is C21H18Br2N2O4S.